The number of aromatic nitrogens is 2. The number of nitrogens with one attached hydrogen (secondary N) is 1. The summed E-state index contributed by atoms with van der Waals surface area (Å²) in [6.45, 7) is 6.82. The van der Waals surface area contributed by atoms with Gasteiger partial charge in [0.1, 0.15) is 12.4 Å². The fraction of sp³-hybridized carbons (Fsp3) is 0.423. The van der Waals surface area contributed by atoms with Crippen LogP contribution in [0.15, 0.2) is 48.5 Å². The van der Waals surface area contributed by atoms with Crippen LogP contribution < -0.4 is 5.32 Å². The third-order valence-electron chi connectivity index (χ3n) is 6.34. The lowest BCUT2D eigenvalue weighted by Crippen LogP contribution is -2.40. The van der Waals surface area contributed by atoms with Crippen molar-refractivity contribution in [2.75, 3.05) is 19.6 Å². The molecule has 1 aliphatic heterocycles. The van der Waals surface area contributed by atoms with Crippen molar-refractivity contribution >= 4 is 22.8 Å². The normalized spacial score (nSPS) is 14.6. The van der Waals surface area contributed by atoms with Gasteiger partial charge in [-0.15, -0.1) is 0 Å². The maximum atomic E-state index is 13.0. The number of piperidine rings is 1. The van der Waals surface area contributed by atoms with E-state index in [1.54, 1.807) is 0 Å². The standard InChI is InChI=1S/C26H32N4O2/c1-19-9-11-21(12-10-19)26(32)27-15-5-8-24-28-22-6-3-4-7-23(22)30(24)18-25(31)29-16-13-20(2)14-17-29/h3-4,6-7,9-12,20H,5,8,13-18H2,1-2H3,(H,27,32). The van der Waals surface area contributed by atoms with Crippen LogP contribution in [0.3, 0.4) is 0 Å². The van der Waals surface area contributed by atoms with Gasteiger partial charge in [-0.2, -0.15) is 0 Å². The van der Waals surface area contributed by atoms with E-state index in [0.29, 0.717) is 31.0 Å². The zero-order valence-corrected chi connectivity index (χ0v) is 19.0. The number of carbonyl (C=O) groups is 2. The lowest BCUT2D eigenvalue weighted by molar-refractivity contribution is -0.133. The number of aryl methyl sites for hydroxylation is 2. The molecule has 1 saturated heterocycles. The van der Waals surface area contributed by atoms with E-state index in [-0.39, 0.29) is 11.8 Å². The Morgan fingerprint density at radius 3 is 2.53 bits per heavy atom. The molecule has 0 saturated carbocycles. The summed E-state index contributed by atoms with van der Waals surface area (Å²) in [6, 6.07) is 15.5. The van der Waals surface area contributed by atoms with Crippen LogP contribution in [0.4, 0.5) is 0 Å². The van der Waals surface area contributed by atoms with E-state index in [2.05, 4.69) is 16.8 Å². The quantitative estimate of drug-likeness (QED) is 0.575. The highest BCUT2D eigenvalue weighted by atomic mass is 16.2. The molecular weight excluding hydrogens is 400 g/mol. The van der Waals surface area contributed by atoms with Gasteiger partial charge in [0, 0.05) is 31.6 Å². The van der Waals surface area contributed by atoms with Crippen LogP contribution in [-0.4, -0.2) is 45.9 Å². The minimum absolute atomic E-state index is 0.0620. The molecule has 0 spiro atoms. The van der Waals surface area contributed by atoms with E-state index in [1.807, 2.05) is 60.4 Å². The molecule has 0 aliphatic carbocycles. The molecule has 2 aromatic carbocycles. The van der Waals surface area contributed by atoms with Crippen LogP contribution in [0.1, 0.15) is 47.9 Å². The molecule has 0 unspecified atom stereocenters. The Balaban J connectivity index is 1.39. The number of para-hydroxylation sites is 2. The molecule has 32 heavy (non-hydrogen) atoms. The third kappa shape index (κ3) is 5.18. The number of hydrogen-bond donors (Lipinski definition) is 1. The van der Waals surface area contributed by atoms with Crippen molar-refractivity contribution in [2.45, 2.75) is 46.1 Å². The molecule has 1 aromatic heterocycles. The predicted molar refractivity (Wildman–Crippen MR) is 127 cm³/mol. The van der Waals surface area contributed by atoms with E-state index in [0.717, 1.165) is 54.8 Å². The average molecular weight is 433 g/mol. The lowest BCUT2D eigenvalue weighted by Gasteiger charge is -2.30. The first-order valence-corrected chi connectivity index (χ1v) is 11.6. The lowest BCUT2D eigenvalue weighted by atomic mass is 9.99. The maximum absolute atomic E-state index is 13.0. The average Bonchev–Trinajstić information content (AvgIpc) is 3.14. The summed E-state index contributed by atoms with van der Waals surface area (Å²) in [6.07, 6.45) is 3.61. The number of carbonyl (C=O) groups excluding carboxylic acids is 2. The van der Waals surface area contributed by atoms with Crippen molar-refractivity contribution in [2.24, 2.45) is 5.92 Å². The number of fused-ring (bicyclic) bond motifs is 1. The molecule has 2 heterocycles. The first kappa shape index (κ1) is 22.1. The van der Waals surface area contributed by atoms with Crippen molar-refractivity contribution in [3.05, 3.63) is 65.5 Å². The molecule has 4 rings (SSSR count). The number of likely N-dealkylation sites (tertiary alicyclic amines) is 1. The molecule has 1 N–H and O–H groups in total. The highest BCUT2D eigenvalue weighted by Crippen LogP contribution is 2.20. The van der Waals surface area contributed by atoms with Gasteiger partial charge in [-0.25, -0.2) is 4.98 Å². The van der Waals surface area contributed by atoms with Crippen molar-refractivity contribution in [1.29, 1.82) is 0 Å². The second-order valence-corrected chi connectivity index (χ2v) is 8.89. The van der Waals surface area contributed by atoms with Crippen LogP contribution in [0.25, 0.3) is 11.0 Å². The minimum Gasteiger partial charge on any atom is -0.352 e. The fourth-order valence-corrected chi connectivity index (χ4v) is 4.24. The summed E-state index contributed by atoms with van der Waals surface area (Å²) in [5.74, 6) is 1.69. The van der Waals surface area contributed by atoms with Crippen molar-refractivity contribution in [3.8, 4) is 0 Å². The van der Waals surface area contributed by atoms with Crippen LogP contribution in [-0.2, 0) is 17.8 Å². The van der Waals surface area contributed by atoms with Crippen LogP contribution in [0, 0.1) is 12.8 Å². The smallest absolute Gasteiger partial charge is 0.251 e. The molecule has 1 fully saturated rings. The number of rotatable bonds is 7. The van der Waals surface area contributed by atoms with Gasteiger partial charge < -0.3 is 14.8 Å². The SMILES string of the molecule is Cc1ccc(C(=O)NCCCc2nc3ccccc3n2CC(=O)N2CCC(C)CC2)cc1. The summed E-state index contributed by atoms with van der Waals surface area (Å²) >= 11 is 0. The first-order chi connectivity index (χ1) is 15.5. The van der Waals surface area contributed by atoms with Gasteiger partial charge in [0.2, 0.25) is 5.91 Å². The first-order valence-electron chi connectivity index (χ1n) is 11.6. The van der Waals surface area contributed by atoms with Crippen LogP contribution in [0.5, 0.6) is 0 Å². The zero-order chi connectivity index (χ0) is 22.5. The van der Waals surface area contributed by atoms with E-state index in [9.17, 15) is 9.59 Å². The van der Waals surface area contributed by atoms with Gasteiger partial charge in [-0.3, -0.25) is 9.59 Å². The molecule has 3 aromatic rings. The molecule has 1 aliphatic rings. The molecule has 6 heteroatoms. The maximum Gasteiger partial charge on any atom is 0.251 e. The highest BCUT2D eigenvalue weighted by molar-refractivity contribution is 5.94. The second-order valence-electron chi connectivity index (χ2n) is 8.89. The van der Waals surface area contributed by atoms with Gasteiger partial charge >= 0.3 is 0 Å². The van der Waals surface area contributed by atoms with Gasteiger partial charge in [0.25, 0.3) is 5.91 Å². The Morgan fingerprint density at radius 1 is 1.06 bits per heavy atom. The van der Waals surface area contributed by atoms with Gasteiger partial charge in [-0.1, -0.05) is 36.8 Å². The Hall–Kier alpha value is -3.15. The summed E-state index contributed by atoms with van der Waals surface area (Å²) in [5.41, 5.74) is 3.70. The predicted octanol–water partition coefficient (Wildman–Crippen LogP) is 3.97. The Kier molecular flexibility index (Phi) is 6.88. The van der Waals surface area contributed by atoms with E-state index in [4.69, 9.17) is 4.98 Å². The molecular formula is C26H32N4O2. The fourth-order valence-electron chi connectivity index (χ4n) is 4.24. The van der Waals surface area contributed by atoms with Crippen molar-refractivity contribution in [1.82, 2.24) is 19.8 Å². The summed E-state index contributed by atoms with van der Waals surface area (Å²) < 4.78 is 2.05. The molecule has 0 bridgehead atoms. The largest absolute Gasteiger partial charge is 0.352 e. The molecule has 2 amide bonds. The Bertz CT molecular complexity index is 1080. The monoisotopic (exact) mass is 432 g/mol. The molecule has 168 valence electrons. The minimum atomic E-state index is -0.0620. The van der Waals surface area contributed by atoms with Gasteiger partial charge in [0.15, 0.2) is 0 Å². The zero-order valence-electron chi connectivity index (χ0n) is 19.0. The van der Waals surface area contributed by atoms with E-state index < -0.39 is 0 Å². The van der Waals surface area contributed by atoms with Gasteiger partial charge in [0.05, 0.1) is 11.0 Å². The second kappa shape index (κ2) is 9.98. The number of imidazole rings is 1. The van der Waals surface area contributed by atoms with Crippen molar-refractivity contribution < 1.29 is 9.59 Å². The van der Waals surface area contributed by atoms with Gasteiger partial charge in [-0.05, 0) is 56.4 Å². The third-order valence-corrected chi connectivity index (χ3v) is 6.34. The molecule has 0 atom stereocenters. The van der Waals surface area contributed by atoms with Crippen LogP contribution in [0.2, 0.25) is 0 Å². The van der Waals surface area contributed by atoms with E-state index in [1.165, 1.54) is 0 Å². The number of benzene rings is 2. The number of amides is 2. The Morgan fingerprint density at radius 2 is 1.78 bits per heavy atom. The number of nitrogens with zero attached hydrogens (tertiary/aromatic N) is 3. The highest BCUT2D eigenvalue weighted by Gasteiger charge is 2.22. The topological polar surface area (TPSA) is 67.2 Å². The summed E-state index contributed by atoms with van der Waals surface area (Å²) in [4.78, 5) is 32.1. The molecule has 6 nitrogen and oxygen atoms in total. The Labute approximate surface area is 189 Å². The number of hydrogen-bond acceptors (Lipinski definition) is 3. The summed E-state index contributed by atoms with van der Waals surface area (Å²) in [7, 11) is 0. The van der Waals surface area contributed by atoms with Crippen LogP contribution >= 0.6 is 0 Å². The summed E-state index contributed by atoms with van der Waals surface area (Å²) in [5, 5.41) is 2.99. The van der Waals surface area contributed by atoms with E-state index >= 15 is 0 Å². The molecule has 0 radical (unpaired) electrons. The van der Waals surface area contributed by atoms with Crippen molar-refractivity contribution in [3.63, 3.8) is 0 Å².